The molecule has 4 fully saturated rings. The van der Waals surface area contributed by atoms with Crippen LogP contribution in [0.5, 0.6) is 0 Å². The van der Waals surface area contributed by atoms with E-state index in [1.807, 2.05) is 30.3 Å². The van der Waals surface area contributed by atoms with E-state index in [0.29, 0.717) is 29.9 Å². The van der Waals surface area contributed by atoms with Crippen LogP contribution in [0.25, 0.3) is 0 Å². The van der Waals surface area contributed by atoms with Crippen LogP contribution in [0.15, 0.2) is 54.6 Å². The molecule has 0 radical (unpaired) electrons. The molecule has 0 unspecified atom stereocenters. The second kappa shape index (κ2) is 8.77. The Labute approximate surface area is 195 Å². The number of nitrogens with zero attached hydrogens (tertiary/aromatic N) is 1. The summed E-state index contributed by atoms with van der Waals surface area (Å²) >= 11 is 0. The van der Waals surface area contributed by atoms with E-state index in [-0.39, 0.29) is 29.3 Å². The minimum Gasteiger partial charge on any atom is -0.454 e. The molecule has 5 nitrogen and oxygen atoms in total. The maximum Gasteiger partial charge on any atom is 0.339 e. The molecule has 5 heteroatoms. The molecule has 2 aromatic rings. The van der Waals surface area contributed by atoms with Crippen molar-refractivity contribution in [3.8, 4) is 0 Å². The normalized spacial score (nSPS) is 27.2. The van der Waals surface area contributed by atoms with Crippen LogP contribution in [0.2, 0.25) is 0 Å². The average Bonchev–Trinajstić information content (AvgIpc) is 2.81. The third-order valence-corrected chi connectivity index (χ3v) is 7.95. The molecule has 4 saturated carbocycles. The molecule has 1 amide bonds. The summed E-state index contributed by atoms with van der Waals surface area (Å²) in [6.07, 6.45) is 6.65. The summed E-state index contributed by atoms with van der Waals surface area (Å²) in [5.74, 6) is 1.20. The predicted molar refractivity (Wildman–Crippen MR) is 125 cm³/mol. The summed E-state index contributed by atoms with van der Waals surface area (Å²) in [7, 11) is 1.72. The fourth-order valence-electron chi connectivity index (χ4n) is 6.80. The van der Waals surface area contributed by atoms with Gasteiger partial charge in [-0.15, -0.1) is 0 Å². The molecule has 6 rings (SSSR count). The predicted octanol–water partition coefficient (Wildman–Crippen LogP) is 4.90. The number of ketones is 1. The summed E-state index contributed by atoms with van der Waals surface area (Å²) in [5, 5.41) is 0. The fourth-order valence-corrected chi connectivity index (χ4v) is 6.80. The standard InChI is InChI=1S/C28H31NO4/c1-29(17-19-7-3-2-4-8-19)26(31)23-9-5-6-10-24(23)27(32)33-18-25(30)28-14-20-11-21(15-28)13-22(12-20)16-28/h2-10,20-22H,11-18H2,1H3. The van der Waals surface area contributed by atoms with Crippen molar-refractivity contribution in [2.75, 3.05) is 13.7 Å². The second-order valence-electron chi connectivity index (χ2n) is 10.4. The highest BCUT2D eigenvalue weighted by atomic mass is 16.5. The zero-order valence-corrected chi connectivity index (χ0v) is 19.2. The number of carbonyl (C=O) groups is 3. The van der Waals surface area contributed by atoms with Gasteiger partial charge in [-0.05, 0) is 74.0 Å². The van der Waals surface area contributed by atoms with Gasteiger partial charge in [0.25, 0.3) is 5.91 Å². The average molecular weight is 446 g/mol. The Morgan fingerprint density at radius 1 is 0.848 bits per heavy atom. The lowest BCUT2D eigenvalue weighted by atomic mass is 9.48. The Morgan fingerprint density at radius 2 is 1.39 bits per heavy atom. The van der Waals surface area contributed by atoms with Crippen LogP contribution in [-0.2, 0) is 16.1 Å². The van der Waals surface area contributed by atoms with Crippen LogP contribution < -0.4 is 0 Å². The summed E-state index contributed by atoms with van der Waals surface area (Å²) in [4.78, 5) is 40.8. The molecule has 0 heterocycles. The summed E-state index contributed by atoms with van der Waals surface area (Å²) in [6.45, 7) is 0.237. The van der Waals surface area contributed by atoms with Crippen LogP contribution in [-0.4, -0.2) is 36.2 Å². The smallest absolute Gasteiger partial charge is 0.339 e. The molecule has 0 N–H and O–H groups in total. The van der Waals surface area contributed by atoms with E-state index in [1.165, 1.54) is 19.3 Å². The van der Waals surface area contributed by atoms with E-state index < -0.39 is 5.97 Å². The largest absolute Gasteiger partial charge is 0.454 e. The summed E-state index contributed by atoms with van der Waals surface area (Å²) < 4.78 is 5.51. The van der Waals surface area contributed by atoms with Crippen molar-refractivity contribution in [2.24, 2.45) is 23.2 Å². The maximum atomic E-state index is 13.2. The van der Waals surface area contributed by atoms with Gasteiger partial charge in [-0.25, -0.2) is 4.79 Å². The Balaban J connectivity index is 1.25. The topological polar surface area (TPSA) is 63.7 Å². The van der Waals surface area contributed by atoms with E-state index in [0.717, 1.165) is 24.8 Å². The molecule has 4 aliphatic rings. The first-order valence-electron chi connectivity index (χ1n) is 12.0. The first-order chi connectivity index (χ1) is 15.9. The van der Waals surface area contributed by atoms with E-state index in [2.05, 4.69) is 0 Å². The molecule has 33 heavy (non-hydrogen) atoms. The number of rotatable bonds is 7. The van der Waals surface area contributed by atoms with Gasteiger partial charge in [0.05, 0.1) is 11.1 Å². The Hall–Kier alpha value is -2.95. The lowest BCUT2D eigenvalue weighted by molar-refractivity contribution is -0.147. The zero-order chi connectivity index (χ0) is 23.0. The van der Waals surface area contributed by atoms with Crippen LogP contribution in [0.4, 0.5) is 0 Å². The molecule has 0 aliphatic heterocycles. The van der Waals surface area contributed by atoms with Crippen LogP contribution in [0, 0.1) is 23.2 Å². The van der Waals surface area contributed by atoms with Gasteiger partial charge in [0.2, 0.25) is 0 Å². The fraction of sp³-hybridized carbons (Fsp3) is 0.464. The summed E-state index contributed by atoms with van der Waals surface area (Å²) in [5.41, 5.74) is 1.22. The van der Waals surface area contributed by atoms with Gasteiger partial charge >= 0.3 is 5.97 Å². The van der Waals surface area contributed by atoms with Gasteiger partial charge in [0.1, 0.15) is 0 Å². The van der Waals surface area contributed by atoms with Gasteiger partial charge in [0, 0.05) is 19.0 Å². The number of hydrogen-bond acceptors (Lipinski definition) is 4. The van der Waals surface area contributed by atoms with Crippen molar-refractivity contribution in [3.05, 3.63) is 71.3 Å². The third kappa shape index (κ3) is 4.33. The molecule has 0 aromatic heterocycles. The highest BCUT2D eigenvalue weighted by Crippen LogP contribution is 2.60. The lowest BCUT2D eigenvalue weighted by Crippen LogP contribution is -2.51. The second-order valence-corrected chi connectivity index (χ2v) is 10.4. The number of carbonyl (C=O) groups excluding carboxylic acids is 3. The van der Waals surface area contributed by atoms with Crippen molar-refractivity contribution in [2.45, 2.75) is 45.1 Å². The third-order valence-electron chi connectivity index (χ3n) is 7.95. The molecular formula is C28H31NO4. The van der Waals surface area contributed by atoms with Gasteiger partial charge in [-0.2, -0.15) is 0 Å². The molecule has 0 saturated heterocycles. The lowest BCUT2D eigenvalue weighted by Gasteiger charge is -2.55. The number of esters is 1. The highest BCUT2D eigenvalue weighted by Gasteiger charge is 2.54. The quantitative estimate of drug-likeness (QED) is 0.569. The molecule has 2 aromatic carbocycles. The SMILES string of the molecule is CN(Cc1ccccc1)C(=O)c1ccccc1C(=O)OCC(=O)C12CC3CC(CC(C3)C1)C2. The van der Waals surface area contributed by atoms with Crippen molar-refractivity contribution < 1.29 is 19.1 Å². The van der Waals surface area contributed by atoms with Gasteiger partial charge in [-0.1, -0.05) is 42.5 Å². The first-order valence-corrected chi connectivity index (χ1v) is 12.0. The van der Waals surface area contributed by atoms with Crippen LogP contribution in [0.3, 0.4) is 0 Å². The van der Waals surface area contributed by atoms with Crippen LogP contribution in [0.1, 0.15) is 64.8 Å². The molecule has 4 aliphatic carbocycles. The molecule has 172 valence electrons. The van der Waals surface area contributed by atoms with Gasteiger partial charge in [0.15, 0.2) is 12.4 Å². The van der Waals surface area contributed by atoms with E-state index >= 15 is 0 Å². The Kier molecular flexibility index (Phi) is 5.81. The highest BCUT2D eigenvalue weighted by molar-refractivity contribution is 6.05. The maximum absolute atomic E-state index is 13.2. The molecular weight excluding hydrogens is 414 g/mol. The van der Waals surface area contributed by atoms with Crippen molar-refractivity contribution in [1.82, 2.24) is 4.90 Å². The van der Waals surface area contributed by atoms with E-state index in [4.69, 9.17) is 4.74 Å². The molecule has 0 spiro atoms. The first kappa shape index (κ1) is 21.9. The molecule has 0 atom stereocenters. The Morgan fingerprint density at radius 3 is 2.00 bits per heavy atom. The van der Waals surface area contributed by atoms with E-state index in [1.54, 1.807) is 36.2 Å². The zero-order valence-electron chi connectivity index (χ0n) is 19.2. The Bertz CT molecular complexity index is 1030. The number of ether oxygens (including phenoxy) is 1. The monoisotopic (exact) mass is 445 g/mol. The summed E-state index contributed by atoms with van der Waals surface area (Å²) in [6, 6.07) is 16.4. The van der Waals surface area contributed by atoms with Crippen molar-refractivity contribution in [1.29, 1.82) is 0 Å². The minimum absolute atomic E-state index is 0.0694. The minimum atomic E-state index is -0.606. The number of hydrogen-bond donors (Lipinski definition) is 0. The van der Waals surface area contributed by atoms with E-state index in [9.17, 15) is 14.4 Å². The van der Waals surface area contributed by atoms with Crippen molar-refractivity contribution >= 4 is 17.7 Å². The van der Waals surface area contributed by atoms with Crippen molar-refractivity contribution in [3.63, 3.8) is 0 Å². The van der Waals surface area contributed by atoms with Gasteiger partial charge in [-0.3, -0.25) is 9.59 Å². The molecule has 4 bridgehead atoms. The number of benzene rings is 2. The van der Waals surface area contributed by atoms with Gasteiger partial charge < -0.3 is 9.64 Å². The van der Waals surface area contributed by atoms with Crippen LogP contribution >= 0.6 is 0 Å². The number of amides is 1. The number of Topliss-reactive ketones (excluding diaryl/α,β-unsaturated/α-hetero) is 1.